The van der Waals surface area contributed by atoms with Gasteiger partial charge in [0.1, 0.15) is 0 Å². The van der Waals surface area contributed by atoms with Crippen LogP contribution >= 0.6 is 0 Å². The predicted molar refractivity (Wildman–Crippen MR) is 78.0 cm³/mol. The number of aliphatic hydroxyl groups excluding tert-OH is 1. The maximum absolute atomic E-state index is 8.83. The minimum absolute atomic E-state index is 0.131. The van der Waals surface area contributed by atoms with Crippen LogP contribution in [-0.2, 0) is 13.1 Å². The normalized spacial score (nSPS) is 12.0. The van der Waals surface area contributed by atoms with E-state index in [-0.39, 0.29) is 6.61 Å². The average molecular weight is 268 g/mol. The van der Waals surface area contributed by atoms with Gasteiger partial charge in [-0.05, 0) is 27.7 Å². The molecule has 0 aliphatic carbocycles. The Labute approximate surface area is 116 Å². The van der Waals surface area contributed by atoms with Crippen LogP contribution in [0, 0.1) is 0 Å². The van der Waals surface area contributed by atoms with Crippen LogP contribution in [0.1, 0.15) is 33.3 Å². The van der Waals surface area contributed by atoms with Crippen molar-refractivity contribution >= 4 is 0 Å². The molecule has 5 heteroatoms. The lowest BCUT2D eigenvalue weighted by Gasteiger charge is -2.30. The molecule has 0 aliphatic heterocycles. The van der Waals surface area contributed by atoms with Crippen molar-refractivity contribution in [2.75, 3.05) is 19.7 Å². The van der Waals surface area contributed by atoms with Crippen molar-refractivity contribution < 1.29 is 5.11 Å². The number of nitrogens with one attached hydrogen (secondary N) is 1. The highest BCUT2D eigenvalue weighted by Crippen LogP contribution is 2.03. The summed E-state index contributed by atoms with van der Waals surface area (Å²) in [7, 11) is 0. The molecule has 0 aliphatic rings. The van der Waals surface area contributed by atoms with Crippen LogP contribution in [-0.4, -0.2) is 51.6 Å². The molecule has 0 saturated carbocycles. The lowest BCUT2D eigenvalue weighted by atomic mass is 10.2. The van der Waals surface area contributed by atoms with Crippen LogP contribution in [0.3, 0.4) is 0 Å². The van der Waals surface area contributed by atoms with Gasteiger partial charge in [-0.15, -0.1) is 0 Å². The fourth-order valence-electron chi connectivity index (χ4n) is 2.28. The number of aliphatic hydroxyl groups is 1. The van der Waals surface area contributed by atoms with E-state index < -0.39 is 0 Å². The molecule has 0 spiro atoms. The van der Waals surface area contributed by atoms with Gasteiger partial charge in [0.15, 0.2) is 0 Å². The molecule has 5 nitrogen and oxygen atoms in total. The monoisotopic (exact) mass is 268 g/mol. The predicted octanol–water partition coefficient (Wildman–Crippen LogP) is 1.08. The molecule has 0 bridgehead atoms. The molecule has 1 aromatic rings. The lowest BCUT2D eigenvalue weighted by molar-refractivity contribution is 0.176. The smallest absolute Gasteiger partial charge is 0.0640 e. The molecule has 1 aromatic heterocycles. The van der Waals surface area contributed by atoms with Gasteiger partial charge in [-0.2, -0.15) is 5.10 Å². The van der Waals surface area contributed by atoms with E-state index in [1.165, 1.54) is 0 Å². The van der Waals surface area contributed by atoms with E-state index in [0.29, 0.717) is 18.6 Å². The van der Waals surface area contributed by atoms with Crippen molar-refractivity contribution in [3.8, 4) is 0 Å². The highest BCUT2D eigenvalue weighted by Gasteiger charge is 2.12. The largest absolute Gasteiger partial charge is 0.394 e. The molecule has 0 atom stereocenters. The maximum atomic E-state index is 8.83. The van der Waals surface area contributed by atoms with Gasteiger partial charge in [-0.1, -0.05) is 0 Å². The van der Waals surface area contributed by atoms with Gasteiger partial charge in [-0.3, -0.25) is 9.58 Å². The number of rotatable bonds is 9. The summed E-state index contributed by atoms with van der Waals surface area (Å²) in [5, 5.41) is 16.4. The van der Waals surface area contributed by atoms with E-state index >= 15 is 0 Å². The number of nitrogens with zero attached hydrogens (tertiary/aromatic N) is 3. The fraction of sp³-hybridized carbons (Fsp3) is 0.786. The van der Waals surface area contributed by atoms with E-state index in [1.807, 2.05) is 12.4 Å². The third kappa shape index (κ3) is 5.72. The summed E-state index contributed by atoms with van der Waals surface area (Å²) in [6.07, 6.45) is 3.83. The van der Waals surface area contributed by atoms with Gasteiger partial charge in [-0.25, -0.2) is 0 Å². The van der Waals surface area contributed by atoms with Crippen LogP contribution in [0.2, 0.25) is 0 Å². The zero-order valence-electron chi connectivity index (χ0n) is 12.6. The third-order valence-corrected chi connectivity index (χ3v) is 3.22. The van der Waals surface area contributed by atoms with Crippen molar-refractivity contribution in [3.05, 3.63) is 18.0 Å². The average Bonchev–Trinajstić information content (AvgIpc) is 2.76. The Morgan fingerprint density at radius 3 is 2.58 bits per heavy atom. The molecule has 110 valence electrons. The summed E-state index contributed by atoms with van der Waals surface area (Å²) >= 11 is 0. The summed E-state index contributed by atoms with van der Waals surface area (Å²) in [6.45, 7) is 12.5. The van der Waals surface area contributed by atoms with E-state index in [2.05, 4.69) is 43.0 Å². The van der Waals surface area contributed by atoms with Gasteiger partial charge in [0.25, 0.3) is 0 Å². The first kappa shape index (κ1) is 16.1. The highest BCUT2D eigenvalue weighted by atomic mass is 16.3. The van der Waals surface area contributed by atoms with Crippen LogP contribution < -0.4 is 5.32 Å². The minimum Gasteiger partial charge on any atom is -0.394 e. The molecular weight excluding hydrogens is 240 g/mol. The van der Waals surface area contributed by atoms with Crippen LogP contribution in [0.4, 0.5) is 0 Å². The SMILES string of the molecule is CC(C)N(CCNCc1cnn(CCO)c1)C(C)C. The highest BCUT2D eigenvalue weighted by molar-refractivity contribution is 5.03. The molecule has 19 heavy (non-hydrogen) atoms. The van der Waals surface area contributed by atoms with Crippen molar-refractivity contribution in [1.82, 2.24) is 20.0 Å². The standard InChI is InChI=1S/C14H28N4O/c1-12(2)18(13(3)4)6-5-15-9-14-10-16-17(11-14)7-8-19/h10-13,15,19H,5-9H2,1-4H3. The van der Waals surface area contributed by atoms with Gasteiger partial charge in [0.2, 0.25) is 0 Å². The van der Waals surface area contributed by atoms with E-state index in [0.717, 1.165) is 25.2 Å². The minimum atomic E-state index is 0.131. The molecule has 0 aromatic carbocycles. The second-order valence-corrected chi connectivity index (χ2v) is 5.44. The molecule has 0 amide bonds. The molecule has 0 fully saturated rings. The van der Waals surface area contributed by atoms with Crippen molar-refractivity contribution in [2.24, 2.45) is 0 Å². The first-order chi connectivity index (χ1) is 9.04. The van der Waals surface area contributed by atoms with E-state index in [4.69, 9.17) is 5.11 Å². The maximum Gasteiger partial charge on any atom is 0.0640 e. The zero-order chi connectivity index (χ0) is 14.3. The van der Waals surface area contributed by atoms with E-state index in [1.54, 1.807) is 4.68 Å². The lowest BCUT2D eigenvalue weighted by Crippen LogP contribution is -2.41. The molecule has 2 N–H and O–H groups in total. The Hall–Kier alpha value is -0.910. The van der Waals surface area contributed by atoms with Crippen molar-refractivity contribution in [2.45, 2.75) is 52.9 Å². The third-order valence-electron chi connectivity index (χ3n) is 3.22. The first-order valence-corrected chi connectivity index (χ1v) is 7.13. The fourth-order valence-corrected chi connectivity index (χ4v) is 2.28. The zero-order valence-corrected chi connectivity index (χ0v) is 12.6. The number of hydrogen-bond acceptors (Lipinski definition) is 4. The Balaban J connectivity index is 2.25. The van der Waals surface area contributed by atoms with Gasteiger partial charge < -0.3 is 10.4 Å². The summed E-state index contributed by atoms with van der Waals surface area (Å²) in [5.41, 5.74) is 1.16. The molecule has 1 heterocycles. The second-order valence-electron chi connectivity index (χ2n) is 5.44. The van der Waals surface area contributed by atoms with Gasteiger partial charge in [0.05, 0.1) is 19.3 Å². The topological polar surface area (TPSA) is 53.3 Å². The first-order valence-electron chi connectivity index (χ1n) is 7.13. The molecule has 1 rings (SSSR count). The Kier molecular flexibility index (Phi) is 7.05. The molecular formula is C14H28N4O. The Morgan fingerprint density at radius 2 is 2.00 bits per heavy atom. The van der Waals surface area contributed by atoms with E-state index in [9.17, 15) is 0 Å². The number of aromatic nitrogens is 2. The summed E-state index contributed by atoms with van der Waals surface area (Å²) in [6, 6.07) is 1.16. The Morgan fingerprint density at radius 1 is 1.32 bits per heavy atom. The summed E-state index contributed by atoms with van der Waals surface area (Å²) in [5.74, 6) is 0. The summed E-state index contributed by atoms with van der Waals surface area (Å²) in [4.78, 5) is 2.47. The second kappa shape index (κ2) is 8.30. The number of hydrogen-bond donors (Lipinski definition) is 2. The van der Waals surface area contributed by atoms with Gasteiger partial charge >= 0.3 is 0 Å². The van der Waals surface area contributed by atoms with Crippen LogP contribution in [0.5, 0.6) is 0 Å². The molecule has 0 unspecified atom stereocenters. The van der Waals surface area contributed by atoms with Crippen molar-refractivity contribution in [3.63, 3.8) is 0 Å². The van der Waals surface area contributed by atoms with Crippen molar-refractivity contribution in [1.29, 1.82) is 0 Å². The van der Waals surface area contributed by atoms with Gasteiger partial charge in [0, 0.05) is 43.5 Å². The molecule has 0 saturated heterocycles. The molecule has 0 radical (unpaired) electrons. The van der Waals surface area contributed by atoms with Crippen LogP contribution in [0.25, 0.3) is 0 Å². The quantitative estimate of drug-likeness (QED) is 0.658. The Bertz CT molecular complexity index is 341. The summed E-state index contributed by atoms with van der Waals surface area (Å²) < 4.78 is 1.77. The van der Waals surface area contributed by atoms with Crippen LogP contribution in [0.15, 0.2) is 12.4 Å².